The lowest BCUT2D eigenvalue weighted by molar-refractivity contribution is -0.132. The van der Waals surface area contributed by atoms with E-state index in [1.165, 1.54) is 23.3 Å². The van der Waals surface area contributed by atoms with E-state index in [4.69, 9.17) is 9.72 Å². The Balaban J connectivity index is 1.76. The van der Waals surface area contributed by atoms with Crippen LogP contribution in [0.5, 0.6) is 5.75 Å². The highest BCUT2D eigenvalue weighted by Crippen LogP contribution is 2.46. The van der Waals surface area contributed by atoms with E-state index >= 15 is 0 Å². The van der Waals surface area contributed by atoms with E-state index in [0.717, 1.165) is 27.0 Å². The Hall–Kier alpha value is -4.17. The molecule has 4 aromatic rings. The van der Waals surface area contributed by atoms with Crippen molar-refractivity contribution in [2.24, 2.45) is 0 Å². The molecule has 5 rings (SSSR count). The van der Waals surface area contributed by atoms with Crippen LogP contribution in [0, 0.1) is 6.92 Å². The Bertz CT molecular complexity index is 1660. The quantitative estimate of drug-likeness (QED) is 0.170. The first kappa shape index (κ1) is 27.4. The Morgan fingerprint density at radius 1 is 1.02 bits per heavy atom. The number of ether oxygens (including phenoxy) is 1. The predicted molar refractivity (Wildman–Crippen MR) is 162 cm³/mol. The minimum absolute atomic E-state index is 0.00222. The van der Waals surface area contributed by atoms with E-state index < -0.39 is 17.7 Å². The number of Topliss-reactive ketones (excluding diaryl/α,β-unsaturated/α-hetero) is 1. The number of hydrogen-bond donors (Lipinski definition) is 1. The minimum atomic E-state index is -0.874. The summed E-state index contributed by atoms with van der Waals surface area (Å²) in [4.78, 5) is 35.5. The summed E-state index contributed by atoms with van der Waals surface area (Å²) in [5.74, 6) is -1.36. The van der Waals surface area contributed by atoms with Gasteiger partial charge in [-0.1, -0.05) is 56.4 Å². The number of fused-ring (bicyclic) bond motifs is 1. The molecule has 0 radical (unpaired) electrons. The molecule has 1 fully saturated rings. The second-order valence-electron chi connectivity index (χ2n) is 11.3. The number of anilines is 2. The van der Waals surface area contributed by atoms with Gasteiger partial charge in [-0.05, 0) is 65.4 Å². The molecule has 1 N–H and O–H groups in total. The first-order valence-electron chi connectivity index (χ1n) is 13.0. The number of thiazole rings is 1. The predicted octanol–water partition coefficient (Wildman–Crippen LogP) is 6.60. The van der Waals surface area contributed by atoms with Gasteiger partial charge in [-0.25, -0.2) is 4.98 Å². The molecule has 1 atom stereocenters. The molecule has 8 heteroatoms. The van der Waals surface area contributed by atoms with Gasteiger partial charge in [0.1, 0.15) is 11.5 Å². The summed E-state index contributed by atoms with van der Waals surface area (Å²) in [6.07, 6.45) is 0. The average molecular weight is 556 g/mol. The van der Waals surface area contributed by atoms with Crippen molar-refractivity contribution in [2.75, 3.05) is 31.0 Å². The van der Waals surface area contributed by atoms with Gasteiger partial charge in [0.15, 0.2) is 5.13 Å². The number of ketones is 1. The van der Waals surface area contributed by atoms with Crippen LogP contribution >= 0.6 is 11.3 Å². The molecule has 3 aromatic carbocycles. The van der Waals surface area contributed by atoms with E-state index in [0.29, 0.717) is 22.0 Å². The number of hydrogen-bond acceptors (Lipinski definition) is 7. The smallest absolute Gasteiger partial charge is 0.301 e. The van der Waals surface area contributed by atoms with Crippen LogP contribution in [0.1, 0.15) is 49.1 Å². The molecule has 1 amide bonds. The van der Waals surface area contributed by atoms with Gasteiger partial charge in [-0.15, -0.1) is 0 Å². The van der Waals surface area contributed by atoms with Gasteiger partial charge in [0.05, 0.1) is 34.5 Å². The van der Waals surface area contributed by atoms with Gasteiger partial charge < -0.3 is 14.7 Å². The number of carbonyl (C=O) groups excluding carboxylic acids is 2. The number of benzene rings is 3. The van der Waals surface area contributed by atoms with E-state index in [-0.39, 0.29) is 16.7 Å². The second kappa shape index (κ2) is 10.1. The first-order chi connectivity index (χ1) is 18.9. The largest absolute Gasteiger partial charge is 0.507 e. The highest BCUT2D eigenvalue weighted by atomic mass is 32.1. The molecular weight excluding hydrogens is 522 g/mol. The molecule has 0 spiro atoms. The lowest BCUT2D eigenvalue weighted by Crippen LogP contribution is -2.29. The van der Waals surface area contributed by atoms with Gasteiger partial charge >= 0.3 is 5.91 Å². The van der Waals surface area contributed by atoms with Crippen molar-refractivity contribution in [3.05, 3.63) is 88.5 Å². The van der Waals surface area contributed by atoms with Gasteiger partial charge in [0.2, 0.25) is 0 Å². The summed E-state index contributed by atoms with van der Waals surface area (Å²) < 4.78 is 6.50. The third kappa shape index (κ3) is 4.73. The summed E-state index contributed by atoms with van der Waals surface area (Å²) >= 11 is 1.35. The van der Waals surface area contributed by atoms with Crippen molar-refractivity contribution in [3.8, 4) is 5.75 Å². The fourth-order valence-corrected chi connectivity index (χ4v) is 6.02. The number of amides is 1. The number of aliphatic hydroxyl groups excluding tert-OH is 1. The van der Waals surface area contributed by atoms with Crippen molar-refractivity contribution in [1.82, 2.24) is 4.98 Å². The number of aryl methyl sites for hydroxylation is 1. The Labute approximate surface area is 238 Å². The van der Waals surface area contributed by atoms with E-state index in [2.05, 4.69) is 20.8 Å². The topological polar surface area (TPSA) is 83.0 Å². The number of carbonyl (C=O) groups is 2. The number of aliphatic hydroxyl groups is 1. The van der Waals surface area contributed by atoms with Crippen LogP contribution in [-0.4, -0.2) is 43.0 Å². The Morgan fingerprint density at radius 3 is 2.35 bits per heavy atom. The summed E-state index contributed by atoms with van der Waals surface area (Å²) in [5, 5.41) is 12.2. The molecular formula is C32H33N3O4S. The van der Waals surface area contributed by atoms with Crippen LogP contribution < -0.4 is 14.5 Å². The number of nitrogens with zero attached hydrogens (tertiary/aromatic N) is 3. The molecule has 1 aliphatic heterocycles. The van der Waals surface area contributed by atoms with Crippen molar-refractivity contribution in [2.45, 2.75) is 39.2 Å². The molecule has 40 heavy (non-hydrogen) atoms. The minimum Gasteiger partial charge on any atom is -0.507 e. The molecule has 0 aliphatic carbocycles. The van der Waals surface area contributed by atoms with Gasteiger partial charge in [-0.2, -0.15) is 0 Å². The third-order valence-electron chi connectivity index (χ3n) is 7.23. The molecule has 1 aliphatic rings. The fourth-order valence-electron chi connectivity index (χ4n) is 4.93. The van der Waals surface area contributed by atoms with Crippen molar-refractivity contribution in [3.63, 3.8) is 0 Å². The number of aromatic nitrogens is 1. The number of methoxy groups -OCH3 is 1. The Morgan fingerprint density at radius 2 is 1.73 bits per heavy atom. The van der Waals surface area contributed by atoms with Crippen LogP contribution in [0.2, 0.25) is 0 Å². The zero-order valence-electron chi connectivity index (χ0n) is 23.8. The summed E-state index contributed by atoms with van der Waals surface area (Å²) in [7, 11) is 5.40. The highest BCUT2D eigenvalue weighted by molar-refractivity contribution is 7.22. The normalized spacial score (nSPS) is 17.1. The van der Waals surface area contributed by atoms with Gasteiger partial charge in [0.25, 0.3) is 5.78 Å². The second-order valence-corrected chi connectivity index (χ2v) is 12.3. The van der Waals surface area contributed by atoms with Crippen molar-refractivity contribution < 1.29 is 19.4 Å². The third-order valence-corrected chi connectivity index (χ3v) is 8.25. The van der Waals surface area contributed by atoms with Crippen LogP contribution in [0.3, 0.4) is 0 Å². The maximum Gasteiger partial charge on any atom is 0.301 e. The van der Waals surface area contributed by atoms with E-state index in [1.807, 2.05) is 80.5 Å². The van der Waals surface area contributed by atoms with Gasteiger partial charge in [0, 0.05) is 19.8 Å². The van der Waals surface area contributed by atoms with Gasteiger partial charge in [-0.3, -0.25) is 14.5 Å². The summed E-state index contributed by atoms with van der Waals surface area (Å²) in [5.41, 5.74) is 4.58. The Kier molecular flexibility index (Phi) is 6.92. The lowest BCUT2D eigenvalue weighted by Gasteiger charge is -2.24. The zero-order valence-corrected chi connectivity index (χ0v) is 24.6. The maximum atomic E-state index is 13.7. The van der Waals surface area contributed by atoms with Crippen LogP contribution in [-0.2, 0) is 15.0 Å². The summed E-state index contributed by atoms with van der Waals surface area (Å²) in [6, 6.07) is 18.2. The molecule has 0 saturated carbocycles. The zero-order chi connectivity index (χ0) is 28.9. The highest BCUT2D eigenvalue weighted by Gasteiger charge is 2.48. The molecule has 2 heterocycles. The number of rotatable bonds is 5. The molecule has 1 unspecified atom stereocenters. The van der Waals surface area contributed by atoms with E-state index in [9.17, 15) is 14.7 Å². The van der Waals surface area contributed by atoms with Crippen LogP contribution in [0.25, 0.3) is 16.0 Å². The monoisotopic (exact) mass is 555 g/mol. The van der Waals surface area contributed by atoms with Crippen LogP contribution in [0.4, 0.5) is 10.8 Å². The molecule has 7 nitrogen and oxygen atoms in total. The molecule has 0 bridgehead atoms. The average Bonchev–Trinajstić information content (AvgIpc) is 3.44. The summed E-state index contributed by atoms with van der Waals surface area (Å²) in [6.45, 7) is 8.20. The van der Waals surface area contributed by atoms with Crippen molar-refractivity contribution >= 4 is 49.8 Å². The maximum absolute atomic E-state index is 13.7. The molecule has 206 valence electrons. The van der Waals surface area contributed by atoms with Crippen LogP contribution in [0.15, 0.2) is 66.2 Å². The van der Waals surface area contributed by atoms with Crippen molar-refractivity contribution in [1.29, 1.82) is 0 Å². The molecule has 1 saturated heterocycles. The SMILES string of the molecule is COc1ccc(C(C)(C)C)cc1/C(O)=C1\C(=O)C(=O)N(c2nc3ccc(C)cc3s2)C1c1ccc(N(C)C)cc1. The standard InChI is InChI=1S/C32H33N3O4S/c1-18-8-14-23-25(16-18)40-31(33-23)35-27(19-9-12-21(13-10-19)34(5)6)26(29(37)30(35)38)28(36)22-17-20(32(2,3)4)11-15-24(22)39-7/h8-17,27,36H,1-7H3/b28-26+. The lowest BCUT2D eigenvalue weighted by atomic mass is 9.85. The molecule has 1 aromatic heterocycles. The van der Waals surface area contributed by atoms with E-state index in [1.54, 1.807) is 6.07 Å². The first-order valence-corrected chi connectivity index (χ1v) is 13.9. The fraction of sp³-hybridized carbons (Fsp3) is 0.281.